The lowest BCUT2D eigenvalue weighted by Gasteiger charge is -2.07. The van der Waals surface area contributed by atoms with E-state index in [-0.39, 0.29) is 5.54 Å². The summed E-state index contributed by atoms with van der Waals surface area (Å²) >= 11 is 3.48. The Morgan fingerprint density at radius 3 is 2.92 bits per heavy atom. The van der Waals surface area contributed by atoms with Crippen LogP contribution >= 0.6 is 15.9 Å². The fourth-order valence-corrected chi connectivity index (χ4v) is 2.30. The molecule has 2 heteroatoms. The van der Waals surface area contributed by atoms with Crippen LogP contribution in [0, 0.1) is 0 Å². The molecule has 0 amide bonds. The molecule has 0 radical (unpaired) electrons. The molecule has 1 aromatic rings. The third-order valence-electron chi connectivity index (χ3n) is 3.03. The molecule has 0 aliphatic heterocycles. The zero-order valence-electron chi connectivity index (χ0n) is 7.76. The van der Waals surface area contributed by atoms with Gasteiger partial charge in [-0.3, -0.25) is 0 Å². The summed E-state index contributed by atoms with van der Waals surface area (Å²) in [6.45, 7) is 2.16. The van der Waals surface area contributed by atoms with Crippen LogP contribution in [-0.4, -0.2) is 5.54 Å². The molecule has 1 aliphatic rings. The molecule has 1 saturated carbocycles. The Morgan fingerprint density at radius 1 is 1.62 bits per heavy atom. The van der Waals surface area contributed by atoms with Crippen molar-refractivity contribution in [2.45, 2.75) is 31.2 Å². The van der Waals surface area contributed by atoms with Gasteiger partial charge in [-0.05, 0) is 30.5 Å². The molecular weight excluding hydrogens is 226 g/mol. The second-order valence-electron chi connectivity index (χ2n) is 3.90. The first-order chi connectivity index (χ1) is 6.15. The highest BCUT2D eigenvalue weighted by atomic mass is 79.9. The van der Waals surface area contributed by atoms with Gasteiger partial charge >= 0.3 is 0 Å². The van der Waals surface area contributed by atoms with Gasteiger partial charge in [0, 0.05) is 15.9 Å². The van der Waals surface area contributed by atoms with Gasteiger partial charge in [-0.1, -0.05) is 35.0 Å². The summed E-state index contributed by atoms with van der Waals surface area (Å²) in [5, 5.41) is 0. The molecule has 0 heterocycles. The van der Waals surface area contributed by atoms with Crippen molar-refractivity contribution in [2.24, 2.45) is 5.73 Å². The number of halogens is 1. The predicted octanol–water partition coefficient (Wildman–Crippen LogP) is 3.04. The average molecular weight is 240 g/mol. The van der Waals surface area contributed by atoms with Crippen LogP contribution in [0.3, 0.4) is 0 Å². The van der Waals surface area contributed by atoms with Crippen LogP contribution in [-0.2, 0) is 0 Å². The summed E-state index contributed by atoms with van der Waals surface area (Å²) in [6, 6.07) is 8.47. The lowest BCUT2D eigenvalue weighted by Crippen LogP contribution is -2.22. The van der Waals surface area contributed by atoms with Crippen molar-refractivity contribution in [3.05, 3.63) is 34.3 Å². The van der Waals surface area contributed by atoms with Crippen molar-refractivity contribution < 1.29 is 0 Å². The quantitative estimate of drug-likeness (QED) is 0.844. The number of benzene rings is 1. The molecule has 0 unspecified atom stereocenters. The molecule has 1 fully saturated rings. The first kappa shape index (κ1) is 9.22. The van der Waals surface area contributed by atoms with E-state index in [2.05, 4.69) is 47.1 Å². The van der Waals surface area contributed by atoms with Crippen LogP contribution in [0.5, 0.6) is 0 Å². The molecule has 13 heavy (non-hydrogen) atoms. The van der Waals surface area contributed by atoms with Gasteiger partial charge in [0.15, 0.2) is 0 Å². The van der Waals surface area contributed by atoms with E-state index in [0.717, 1.165) is 17.3 Å². The molecule has 2 rings (SSSR count). The van der Waals surface area contributed by atoms with E-state index in [9.17, 15) is 0 Å². The fourth-order valence-electron chi connectivity index (χ4n) is 1.88. The van der Waals surface area contributed by atoms with Crippen LogP contribution in [0.1, 0.15) is 31.2 Å². The van der Waals surface area contributed by atoms with Gasteiger partial charge in [0.1, 0.15) is 0 Å². The van der Waals surface area contributed by atoms with Crippen molar-refractivity contribution in [2.75, 3.05) is 0 Å². The van der Waals surface area contributed by atoms with Crippen molar-refractivity contribution >= 4 is 15.9 Å². The minimum Gasteiger partial charge on any atom is -0.325 e. The lowest BCUT2D eigenvalue weighted by atomic mass is 10.1. The number of hydrogen-bond donors (Lipinski definition) is 1. The summed E-state index contributed by atoms with van der Waals surface area (Å²) < 4.78 is 1.15. The van der Waals surface area contributed by atoms with Crippen LogP contribution < -0.4 is 5.73 Å². The highest BCUT2D eigenvalue weighted by Crippen LogP contribution is 2.51. The first-order valence-electron chi connectivity index (χ1n) is 4.70. The van der Waals surface area contributed by atoms with Gasteiger partial charge < -0.3 is 5.73 Å². The van der Waals surface area contributed by atoms with E-state index in [0.29, 0.717) is 5.92 Å². The van der Waals surface area contributed by atoms with Gasteiger partial charge in [0.05, 0.1) is 0 Å². The highest BCUT2D eigenvalue weighted by Gasteiger charge is 2.49. The van der Waals surface area contributed by atoms with Crippen LogP contribution in [0.15, 0.2) is 28.7 Å². The maximum atomic E-state index is 6.16. The van der Waals surface area contributed by atoms with Crippen LogP contribution in [0.4, 0.5) is 0 Å². The largest absolute Gasteiger partial charge is 0.325 e. The van der Waals surface area contributed by atoms with Crippen molar-refractivity contribution in [1.82, 2.24) is 0 Å². The Morgan fingerprint density at radius 2 is 2.38 bits per heavy atom. The van der Waals surface area contributed by atoms with E-state index in [1.54, 1.807) is 0 Å². The molecule has 0 bridgehead atoms. The maximum absolute atomic E-state index is 6.16. The average Bonchev–Trinajstić information content (AvgIpc) is 2.79. The molecule has 2 N–H and O–H groups in total. The molecule has 1 aliphatic carbocycles. The Labute approximate surface area is 87.5 Å². The number of rotatable bonds is 2. The monoisotopic (exact) mass is 239 g/mol. The van der Waals surface area contributed by atoms with Gasteiger partial charge in [-0.2, -0.15) is 0 Å². The third-order valence-corrected chi connectivity index (χ3v) is 3.52. The van der Waals surface area contributed by atoms with Crippen molar-refractivity contribution in [3.63, 3.8) is 0 Å². The second-order valence-corrected chi connectivity index (χ2v) is 4.81. The van der Waals surface area contributed by atoms with E-state index < -0.39 is 0 Å². The van der Waals surface area contributed by atoms with Crippen molar-refractivity contribution in [1.29, 1.82) is 0 Å². The van der Waals surface area contributed by atoms with Gasteiger partial charge in [0.2, 0.25) is 0 Å². The summed E-state index contributed by atoms with van der Waals surface area (Å²) in [7, 11) is 0. The van der Waals surface area contributed by atoms with Gasteiger partial charge in [-0.15, -0.1) is 0 Å². The Hall–Kier alpha value is -0.340. The van der Waals surface area contributed by atoms with E-state index in [1.807, 2.05) is 0 Å². The van der Waals surface area contributed by atoms with Gasteiger partial charge in [0.25, 0.3) is 0 Å². The highest BCUT2D eigenvalue weighted by molar-refractivity contribution is 9.10. The third kappa shape index (κ3) is 1.65. The molecule has 1 nitrogen and oxygen atoms in total. The molecule has 0 saturated heterocycles. The standard InChI is InChI=1S/C11H14BrN/c1-2-11(13)7-10(11)8-4-3-5-9(12)6-8/h3-6,10H,2,7,13H2,1H3/t10-,11+/m1/s1. The topological polar surface area (TPSA) is 26.0 Å². The normalized spacial score (nSPS) is 31.8. The zero-order chi connectivity index (χ0) is 9.47. The number of nitrogens with two attached hydrogens (primary N) is 1. The summed E-state index contributed by atoms with van der Waals surface area (Å²) in [6.07, 6.45) is 2.21. The molecule has 1 aromatic carbocycles. The first-order valence-corrected chi connectivity index (χ1v) is 5.49. The SMILES string of the molecule is CC[C@]1(N)C[C@@H]1c1cccc(Br)c1. The molecule has 70 valence electrons. The predicted molar refractivity (Wildman–Crippen MR) is 58.7 cm³/mol. The lowest BCUT2D eigenvalue weighted by molar-refractivity contribution is 0.626. The Bertz CT molecular complexity index is 324. The van der Waals surface area contributed by atoms with E-state index >= 15 is 0 Å². The van der Waals surface area contributed by atoms with Crippen molar-refractivity contribution in [3.8, 4) is 0 Å². The molecule has 0 spiro atoms. The molecule has 0 aromatic heterocycles. The summed E-state index contributed by atoms with van der Waals surface area (Å²) in [5.41, 5.74) is 7.61. The van der Waals surface area contributed by atoms with Crippen LogP contribution in [0.25, 0.3) is 0 Å². The molecule has 2 atom stereocenters. The minimum absolute atomic E-state index is 0.0841. The van der Waals surface area contributed by atoms with Crippen LogP contribution in [0.2, 0.25) is 0 Å². The Balaban J connectivity index is 2.20. The summed E-state index contributed by atoms with van der Waals surface area (Å²) in [4.78, 5) is 0. The van der Waals surface area contributed by atoms with Gasteiger partial charge in [-0.25, -0.2) is 0 Å². The second kappa shape index (κ2) is 3.10. The number of hydrogen-bond acceptors (Lipinski definition) is 1. The summed E-state index contributed by atoms with van der Waals surface area (Å²) in [5.74, 6) is 0.579. The Kier molecular flexibility index (Phi) is 2.20. The zero-order valence-corrected chi connectivity index (χ0v) is 9.34. The smallest absolute Gasteiger partial charge is 0.0228 e. The maximum Gasteiger partial charge on any atom is 0.0228 e. The fraction of sp³-hybridized carbons (Fsp3) is 0.455. The molecular formula is C11H14BrN. The minimum atomic E-state index is 0.0841. The van der Waals surface area contributed by atoms with E-state index in [1.165, 1.54) is 5.56 Å². The van der Waals surface area contributed by atoms with E-state index in [4.69, 9.17) is 5.73 Å².